The van der Waals surface area contributed by atoms with Crippen molar-refractivity contribution in [3.8, 4) is 0 Å². The van der Waals surface area contributed by atoms with Gasteiger partial charge in [0.05, 0.1) is 0 Å². The summed E-state index contributed by atoms with van der Waals surface area (Å²) < 4.78 is 0. The smallest absolute Gasteiger partial charge is 0.137 e. The van der Waals surface area contributed by atoms with Gasteiger partial charge in [-0.25, -0.2) is 4.98 Å². The van der Waals surface area contributed by atoms with Gasteiger partial charge in [0, 0.05) is 36.4 Å². The van der Waals surface area contributed by atoms with Crippen molar-refractivity contribution in [1.29, 1.82) is 0 Å². The fourth-order valence-corrected chi connectivity index (χ4v) is 3.34. The third kappa shape index (κ3) is 3.39. The Hall–Kier alpha value is -1.65. The van der Waals surface area contributed by atoms with Gasteiger partial charge in [0.15, 0.2) is 0 Å². The summed E-state index contributed by atoms with van der Waals surface area (Å²) in [6, 6.07) is 4.17. The van der Waals surface area contributed by atoms with Crippen molar-refractivity contribution in [1.82, 2.24) is 19.8 Å². The third-order valence-corrected chi connectivity index (χ3v) is 4.30. The van der Waals surface area contributed by atoms with E-state index in [0.717, 1.165) is 25.3 Å². The molecule has 1 N–H and O–H groups in total. The van der Waals surface area contributed by atoms with E-state index in [4.69, 9.17) is 0 Å². The summed E-state index contributed by atoms with van der Waals surface area (Å²) in [4.78, 5) is 12.5. The standard InChI is InChI=1S/C18H26N4/c1-14-10-15(13-22(12-14)9-5-8-21(2)3)17-11-20-18-16(17)6-4-7-19-18/h4,6-7,10-11,14H,5,8-9,12-13H2,1-3H3,(H,19,20)/t14-/m0/s1. The molecule has 2 aromatic rings. The summed E-state index contributed by atoms with van der Waals surface area (Å²) >= 11 is 0. The van der Waals surface area contributed by atoms with Crippen LogP contribution < -0.4 is 0 Å². The van der Waals surface area contributed by atoms with Crippen molar-refractivity contribution in [3.63, 3.8) is 0 Å². The lowest BCUT2D eigenvalue weighted by molar-refractivity contribution is 0.254. The molecule has 0 unspecified atom stereocenters. The second-order valence-corrected chi connectivity index (χ2v) is 6.66. The van der Waals surface area contributed by atoms with E-state index in [1.165, 1.54) is 29.5 Å². The highest BCUT2D eigenvalue weighted by molar-refractivity contribution is 5.91. The average Bonchev–Trinajstić information content (AvgIpc) is 2.90. The molecule has 1 aliphatic rings. The fourth-order valence-electron chi connectivity index (χ4n) is 3.34. The molecule has 1 atom stereocenters. The molecule has 0 amide bonds. The van der Waals surface area contributed by atoms with E-state index < -0.39 is 0 Å². The largest absolute Gasteiger partial charge is 0.346 e. The Morgan fingerprint density at radius 1 is 1.41 bits per heavy atom. The van der Waals surface area contributed by atoms with Crippen LogP contribution in [0.5, 0.6) is 0 Å². The number of rotatable bonds is 5. The maximum atomic E-state index is 4.40. The quantitative estimate of drug-likeness (QED) is 0.922. The first kappa shape index (κ1) is 15.3. The first-order valence-corrected chi connectivity index (χ1v) is 8.13. The minimum Gasteiger partial charge on any atom is -0.346 e. The van der Waals surface area contributed by atoms with Crippen LogP contribution in [-0.4, -0.2) is 60.0 Å². The molecule has 0 bridgehead atoms. The SMILES string of the molecule is C[C@H]1C=C(c2c[nH]c3ncccc23)CN(CCCN(C)C)C1. The van der Waals surface area contributed by atoms with Gasteiger partial charge in [-0.1, -0.05) is 13.0 Å². The van der Waals surface area contributed by atoms with E-state index in [9.17, 15) is 0 Å². The van der Waals surface area contributed by atoms with Crippen LogP contribution in [0.25, 0.3) is 16.6 Å². The van der Waals surface area contributed by atoms with Crippen molar-refractivity contribution < 1.29 is 0 Å². The van der Waals surface area contributed by atoms with Gasteiger partial charge in [-0.2, -0.15) is 0 Å². The second kappa shape index (κ2) is 6.63. The zero-order chi connectivity index (χ0) is 15.5. The fraction of sp³-hybridized carbons (Fsp3) is 0.500. The van der Waals surface area contributed by atoms with Crippen LogP contribution in [0.3, 0.4) is 0 Å². The molecular formula is C18H26N4. The maximum absolute atomic E-state index is 4.40. The van der Waals surface area contributed by atoms with Gasteiger partial charge in [-0.15, -0.1) is 0 Å². The molecule has 0 fully saturated rings. The summed E-state index contributed by atoms with van der Waals surface area (Å²) in [5.41, 5.74) is 3.73. The summed E-state index contributed by atoms with van der Waals surface area (Å²) in [7, 11) is 4.28. The lowest BCUT2D eigenvalue weighted by Crippen LogP contribution is -2.35. The van der Waals surface area contributed by atoms with E-state index in [-0.39, 0.29) is 0 Å². The molecule has 1 aliphatic heterocycles. The Balaban J connectivity index is 1.75. The molecule has 0 aliphatic carbocycles. The number of hydrogen-bond acceptors (Lipinski definition) is 3. The minimum absolute atomic E-state index is 0.602. The molecule has 0 saturated heterocycles. The van der Waals surface area contributed by atoms with Crippen LogP contribution >= 0.6 is 0 Å². The predicted molar refractivity (Wildman–Crippen MR) is 92.8 cm³/mol. The second-order valence-electron chi connectivity index (χ2n) is 6.66. The maximum Gasteiger partial charge on any atom is 0.137 e. The van der Waals surface area contributed by atoms with Gasteiger partial charge in [0.25, 0.3) is 0 Å². The predicted octanol–water partition coefficient (Wildman–Crippen LogP) is 2.85. The highest BCUT2D eigenvalue weighted by Gasteiger charge is 2.20. The van der Waals surface area contributed by atoms with E-state index in [1.807, 2.05) is 12.3 Å². The minimum atomic E-state index is 0.602. The van der Waals surface area contributed by atoms with Gasteiger partial charge in [-0.3, -0.25) is 4.90 Å². The molecule has 3 heterocycles. The van der Waals surface area contributed by atoms with Gasteiger partial charge in [0.1, 0.15) is 5.65 Å². The van der Waals surface area contributed by atoms with Crippen molar-refractivity contribution in [3.05, 3.63) is 36.2 Å². The molecule has 0 aromatic carbocycles. The number of fused-ring (bicyclic) bond motifs is 1. The van der Waals surface area contributed by atoms with Crippen LogP contribution in [0, 0.1) is 5.92 Å². The van der Waals surface area contributed by atoms with E-state index >= 15 is 0 Å². The molecule has 4 heteroatoms. The van der Waals surface area contributed by atoms with Crippen molar-refractivity contribution in [2.24, 2.45) is 5.92 Å². The van der Waals surface area contributed by atoms with Crippen LogP contribution in [0.1, 0.15) is 18.9 Å². The molecule has 22 heavy (non-hydrogen) atoms. The summed E-state index contributed by atoms with van der Waals surface area (Å²) in [6.45, 7) is 6.84. The van der Waals surface area contributed by atoms with E-state index in [0.29, 0.717) is 5.92 Å². The monoisotopic (exact) mass is 298 g/mol. The first-order chi connectivity index (χ1) is 10.6. The number of pyridine rings is 1. The zero-order valence-electron chi connectivity index (χ0n) is 13.8. The third-order valence-electron chi connectivity index (χ3n) is 4.30. The average molecular weight is 298 g/mol. The molecule has 118 valence electrons. The number of nitrogens with zero attached hydrogens (tertiary/aromatic N) is 3. The van der Waals surface area contributed by atoms with Gasteiger partial charge in [-0.05, 0) is 57.2 Å². The molecule has 4 nitrogen and oxygen atoms in total. The number of nitrogens with one attached hydrogen (secondary N) is 1. The van der Waals surface area contributed by atoms with Crippen LogP contribution in [-0.2, 0) is 0 Å². The number of hydrogen-bond donors (Lipinski definition) is 1. The first-order valence-electron chi connectivity index (χ1n) is 8.13. The number of aromatic nitrogens is 2. The zero-order valence-corrected chi connectivity index (χ0v) is 13.8. The Morgan fingerprint density at radius 2 is 2.27 bits per heavy atom. The van der Waals surface area contributed by atoms with E-state index in [1.54, 1.807) is 0 Å². The lowest BCUT2D eigenvalue weighted by Gasteiger charge is -2.31. The Bertz CT molecular complexity index is 656. The Kier molecular flexibility index (Phi) is 4.60. The number of H-pyrrole nitrogens is 1. The molecule has 0 radical (unpaired) electrons. The van der Waals surface area contributed by atoms with Crippen molar-refractivity contribution >= 4 is 16.6 Å². The van der Waals surface area contributed by atoms with E-state index in [2.05, 4.69) is 59.1 Å². The molecule has 0 spiro atoms. The van der Waals surface area contributed by atoms with Crippen LogP contribution in [0.15, 0.2) is 30.6 Å². The van der Waals surface area contributed by atoms with Gasteiger partial charge < -0.3 is 9.88 Å². The summed E-state index contributed by atoms with van der Waals surface area (Å²) in [5, 5.41) is 1.23. The topological polar surface area (TPSA) is 35.2 Å². The highest BCUT2D eigenvalue weighted by atomic mass is 15.1. The summed E-state index contributed by atoms with van der Waals surface area (Å²) in [5.74, 6) is 0.602. The van der Waals surface area contributed by atoms with Crippen molar-refractivity contribution in [2.45, 2.75) is 13.3 Å². The molecular weight excluding hydrogens is 272 g/mol. The number of aromatic amines is 1. The summed E-state index contributed by atoms with van der Waals surface area (Å²) in [6.07, 6.45) is 7.61. The van der Waals surface area contributed by atoms with Gasteiger partial charge in [0.2, 0.25) is 0 Å². The highest BCUT2D eigenvalue weighted by Crippen LogP contribution is 2.28. The van der Waals surface area contributed by atoms with Crippen molar-refractivity contribution in [2.75, 3.05) is 40.3 Å². The van der Waals surface area contributed by atoms with Crippen LogP contribution in [0.2, 0.25) is 0 Å². The molecule has 3 rings (SSSR count). The lowest BCUT2D eigenvalue weighted by atomic mass is 9.96. The van der Waals surface area contributed by atoms with Crippen LogP contribution in [0.4, 0.5) is 0 Å². The molecule has 2 aromatic heterocycles. The van der Waals surface area contributed by atoms with Gasteiger partial charge >= 0.3 is 0 Å². The normalized spacial score (nSPS) is 19.8. The Morgan fingerprint density at radius 3 is 3.09 bits per heavy atom. The molecule has 0 saturated carbocycles. The Labute approximate surface area is 132 Å².